The van der Waals surface area contributed by atoms with Gasteiger partial charge in [-0.05, 0) is 48.7 Å². The van der Waals surface area contributed by atoms with Gasteiger partial charge >= 0.3 is 0 Å². The normalized spacial score (nSPS) is 11.5. The van der Waals surface area contributed by atoms with Crippen LogP contribution in [-0.2, 0) is 10.0 Å². The fourth-order valence-electron chi connectivity index (χ4n) is 2.98. The number of hydrogen-bond donors (Lipinski definition) is 0. The summed E-state index contributed by atoms with van der Waals surface area (Å²) in [5.41, 5.74) is 1.97. The summed E-state index contributed by atoms with van der Waals surface area (Å²) in [6.07, 6.45) is 1.64. The first-order valence-electron chi connectivity index (χ1n) is 8.68. The topological polar surface area (TPSA) is 52.1 Å². The van der Waals surface area contributed by atoms with Gasteiger partial charge in [0.1, 0.15) is 5.82 Å². The van der Waals surface area contributed by atoms with Crippen molar-refractivity contribution in [1.82, 2.24) is 0 Å². The van der Waals surface area contributed by atoms with E-state index in [2.05, 4.69) is 4.83 Å². The van der Waals surface area contributed by atoms with Crippen LogP contribution >= 0.6 is 0 Å². The Morgan fingerprint density at radius 1 is 0.857 bits per heavy atom. The van der Waals surface area contributed by atoms with Crippen molar-refractivity contribution in [2.75, 3.05) is 0 Å². The zero-order valence-corrected chi connectivity index (χ0v) is 15.9. The Balaban J connectivity index is 1.87. The van der Waals surface area contributed by atoms with Crippen molar-refractivity contribution in [1.29, 1.82) is 0 Å². The number of benzene rings is 3. The van der Waals surface area contributed by atoms with E-state index in [1.54, 1.807) is 36.5 Å². The second-order valence-electron chi connectivity index (χ2n) is 6.51. The highest BCUT2D eigenvalue weighted by molar-refractivity contribution is 7.93. The quantitative estimate of drug-likeness (QED) is 0.470. The molecule has 1 heterocycles. The van der Waals surface area contributed by atoms with Crippen LogP contribution in [0.3, 0.4) is 0 Å². The first-order chi connectivity index (χ1) is 13.4. The van der Waals surface area contributed by atoms with Gasteiger partial charge < -0.3 is 4.83 Å². The molecule has 0 atom stereocenters. The van der Waals surface area contributed by atoms with Gasteiger partial charge in [0.25, 0.3) is 0 Å². The molecule has 1 aromatic heterocycles. The number of rotatable bonds is 4. The van der Waals surface area contributed by atoms with Gasteiger partial charge in [-0.1, -0.05) is 42.0 Å². The Hall–Kier alpha value is -3.25. The third-order valence-electron chi connectivity index (χ3n) is 4.43. The first kappa shape index (κ1) is 18.1. The Kier molecular flexibility index (Phi) is 4.57. The lowest BCUT2D eigenvalue weighted by Crippen LogP contribution is -2.34. The predicted molar refractivity (Wildman–Crippen MR) is 107 cm³/mol. The van der Waals surface area contributed by atoms with E-state index in [1.807, 2.05) is 31.2 Å². The van der Waals surface area contributed by atoms with E-state index >= 15 is 0 Å². The molecule has 0 radical (unpaired) electrons. The molecule has 28 heavy (non-hydrogen) atoms. The lowest BCUT2D eigenvalue weighted by molar-refractivity contribution is -0.600. The van der Waals surface area contributed by atoms with Gasteiger partial charge in [0.15, 0.2) is 16.2 Å². The molecule has 0 bridgehead atoms. The van der Waals surface area contributed by atoms with Crippen molar-refractivity contribution in [2.45, 2.75) is 11.8 Å². The number of aryl methyl sites for hydroxylation is 1. The van der Waals surface area contributed by atoms with E-state index in [0.717, 1.165) is 16.3 Å². The van der Waals surface area contributed by atoms with Crippen LogP contribution in [0.25, 0.3) is 26.9 Å². The molecule has 0 amide bonds. The van der Waals surface area contributed by atoms with Gasteiger partial charge in [0.05, 0.1) is 4.90 Å². The minimum atomic E-state index is -3.95. The number of halogens is 1. The summed E-state index contributed by atoms with van der Waals surface area (Å²) in [7, 11) is -3.95. The molecule has 140 valence electrons. The Labute approximate surface area is 162 Å². The highest BCUT2D eigenvalue weighted by Crippen LogP contribution is 2.24. The third kappa shape index (κ3) is 3.59. The number of sulfonamides is 1. The van der Waals surface area contributed by atoms with Crippen LogP contribution in [0.4, 0.5) is 4.39 Å². The molecule has 4 rings (SSSR count). The molecule has 0 aliphatic carbocycles. The van der Waals surface area contributed by atoms with E-state index in [1.165, 1.54) is 28.9 Å². The molecular formula is C22H17FN2O2S. The molecule has 4 nitrogen and oxygen atoms in total. The average molecular weight is 392 g/mol. The summed E-state index contributed by atoms with van der Waals surface area (Å²) in [5, 5.41) is 1.73. The van der Waals surface area contributed by atoms with E-state index in [4.69, 9.17) is 0 Å². The summed E-state index contributed by atoms with van der Waals surface area (Å²) in [5.74, 6) is -0.404. The second-order valence-corrected chi connectivity index (χ2v) is 8.10. The summed E-state index contributed by atoms with van der Waals surface area (Å²) in [6, 6.07) is 21.8. The van der Waals surface area contributed by atoms with Crippen LogP contribution < -0.4 is 4.68 Å². The Morgan fingerprint density at radius 3 is 2.29 bits per heavy atom. The van der Waals surface area contributed by atoms with E-state index in [-0.39, 0.29) is 4.90 Å². The molecule has 0 saturated heterocycles. The van der Waals surface area contributed by atoms with Gasteiger partial charge in [0.2, 0.25) is 5.69 Å². The molecule has 0 saturated carbocycles. The van der Waals surface area contributed by atoms with Crippen molar-refractivity contribution < 1.29 is 17.5 Å². The van der Waals surface area contributed by atoms with Gasteiger partial charge in [-0.3, -0.25) is 0 Å². The molecule has 0 N–H and O–H groups in total. The van der Waals surface area contributed by atoms with Crippen molar-refractivity contribution in [3.8, 4) is 11.3 Å². The average Bonchev–Trinajstić information content (AvgIpc) is 2.67. The largest absolute Gasteiger partial charge is 0.317 e. The van der Waals surface area contributed by atoms with Crippen molar-refractivity contribution in [2.24, 2.45) is 0 Å². The zero-order chi connectivity index (χ0) is 19.7. The van der Waals surface area contributed by atoms with E-state index < -0.39 is 15.8 Å². The van der Waals surface area contributed by atoms with Gasteiger partial charge in [-0.15, -0.1) is 0 Å². The van der Waals surface area contributed by atoms with Crippen LogP contribution in [0, 0.1) is 12.7 Å². The molecule has 0 aliphatic rings. The van der Waals surface area contributed by atoms with Gasteiger partial charge in [-0.2, -0.15) is 0 Å². The SMILES string of the molecule is Cc1ccc(S(=O)(=O)[N-][n+]2cc3ccccc3cc2-c2cccc(F)c2)cc1. The van der Waals surface area contributed by atoms with Crippen molar-refractivity contribution in [3.05, 3.63) is 101 Å². The lowest BCUT2D eigenvalue weighted by Gasteiger charge is -2.18. The second kappa shape index (κ2) is 7.05. The number of pyridine rings is 1. The number of hydrogen-bond acceptors (Lipinski definition) is 2. The van der Waals surface area contributed by atoms with Crippen LogP contribution in [0.15, 0.2) is 90.0 Å². The zero-order valence-electron chi connectivity index (χ0n) is 15.1. The maximum atomic E-state index is 13.8. The molecule has 0 fully saturated rings. The van der Waals surface area contributed by atoms with Crippen molar-refractivity contribution >= 4 is 20.8 Å². The molecular weight excluding hydrogens is 375 g/mol. The van der Waals surface area contributed by atoms with E-state index in [0.29, 0.717) is 11.3 Å². The Bertz CT molecular complexity index is 1270. The highest BCUT2D eigenvalue weighted by Gasteiger charge is 2.16. The summed E-state index contributed by atoms with van der Waals surface area (Å²) >= 11 is 0. The summed E-state index contributed by atoms with van der Waals surface area (Å²) < 4.78 is 40.8. The van der Waals surface area contributed by atoms with Crippen LogP contribution in [-0.4, -0.2) is 8.42 Å². The first-order valence-corrected chi connectivity index (χ1v) is 10.1. The van der Waals surface area contributed by atoms with E-state index in [9.17, 15) is 12.8 Å². The molecule has 3 aromatic carbocycles. The number of fused-ring (bicyclic) bond motifs is 1. The third-order valence-corrected chi connectivity index (χ3v) is 5.69. The minimum Gasteiger partial charge on any atom is -0.317 e. The van der Waals surface area contributed by atoms with Gasteiger partial charge in [0, 0.05) is 17.0 Å². The monoisotopic (exact) mass is 392 g/mol. The lowest BCUT2D eigenvalue weighted by atomic mass is 10.1. The smallest absolute Gasteiger partial charge is 0.209 e. The van der Waals surface area contributed by atoms with Crippen LogP contribution in [0.5, 0.6) is 0 Å². The maximum absolute atomic E-state index is 13.8. The van der Waals surface area contributed by atoms with Crippen LogP contribution in [0.2, 0.25) is 0 Å². The molecule has 0 spiro atoms. The minimum absolute atomic E-state index is 0.101. The van der Waals surface area contributed by atoms with Gasteiger partial charge in [-0.25, -0.2) is 17.5 Å². The fourth-order valence-corrected chi connectivity index (χ4v) is 3.92. The fraction of sp³-hybridized carbons (Fsp3) is 0.0455. The standard InChI is InChI=1S/C22H17FN2O2S/c1-16-9-11-21(12-10-16)28(26,27)24-25-15-19-6-3-2-5-17(19)14-22(25)18-7-4-8-20(23)13-18/h2-15H,1H3. The Morgan fingerprint density at radius 2 is 1.57 bits per heavy atom. The maximum Gasteiger partial charge on any atom is 0.209 e. The van der Waals surface area contributed by atoms with Crippen molar-refractivity contribution in [3.63, 3.8) is 0 Å². The summed E-state index contributed by atoms with van der Waals surface area (Å²) in [6.45, 7) is 1.88. The summed E-state index contributed by atoms with van der Waals surface area (Å²) in [4.78, 5) is 4.11. The number of aromatic nitrogens is 1. The predicted octanol–water partition coefficient (Wildman–Crippen LogP) is 4.77. The molecule has 0 aliphatic heterocycles. The van der Waals surface area contributed by atoms with Crippen LogP contribution in [0.1, 0.15) is 5.56 Å². The molecule has 0 unspecified atom stereocenters. The molecule has 4 aromatic rings. The highest BCUT2D eigenvalue weighted by atomic mass is 32.2. The molecule has 6 heteroatoms. The number of nitrogens with zero attached hydrogens (tertiary/aromatic N) is 2.